The molecule has 0 radical (unpaired) electrons. The van der Waals surface area contributed by atoms with Gasteiger partial charge in [0.1, 0.15) is 23.2 Å². The predicted molar refractivity (Wildman–Crippen MR) is 113 cm³/mol. The molecule has 2 aromatic heterocycles. The number of aromatic nitrogens is 2. The Labute approximate surface area is 173 Å². The van der Waals surface area contributed by atoms with Crippen molar-refractivity contribution in [2.45, 2.75) is 45.3 Å². The second kappa shape index (κ2) is 8.37. The maximum absolute atomic E-state index is 13.1. The van der Waals surface area contributed by atoms with Crippen molar-refractivity contribution >= 4 is 27.5 Å². The number of thiophene rings is 1. The summed E-state index contributed by atoms with van der Waals surface area (Å²) in [6.45, 7) is 2.06. The number of benzene rings is 1. The standard InChI is InChI=1S/C22H24N2O4S/c1-14-4-3-5-17(10-14)28-19(25)11-24-13-23-21-20(22(24)26)18(12-29-21)15-6-8-16(27-2)9-7-15/h6-9,12-14,17H,3-5,10-11H2,1-2H3/t14-,17+/m1/s1. The van der Waals surface area contributed by atoms with Gasteiger partial charge >= 0.3 is 5.97 Å². The highest BCUT2D eigenvalue weighted by Crippen LogP contribution is 2.31. The summed E-state index contributed by atoms with van der Waals surface area (Å²) < 4.78 is 12.2. The summed E-state index contributed by atoms with van der Waals surface area (Å²) in [6.07, 6.45) is 5.43. The van der Waals surface area contributed by atoms with Crippen LogP contribution in [0.2, 0.25) is 0 Å². The van der Waals surface area contributed by atoms with Crippen LogP contribution in [0.3, 0.4) is 0 Å². The van der Waals surface area contributed by atoms with E-state index in [4.69, 9.17) is 9.47 Å². The van der Waals surface area contributed by atoms with E-state index in [1.54, 1.807) is 7.11 Å². The number of carbonyl (C=O) groups excluding carboxylic acids is 1. The Morgan fingerprint density at radius 1 is 1.28 bits per heavy atom. The van der Waals surface area contributed by atoms with Crippen LogP contribution in [-0.2, 0) is 16.1 Å². The molecule has 0 amide bonds. The highest BCUT2D eigenvalue weighted by atomic mass is 32.1. The van der Waals surface area contributed by atoms with E-state index >= 15 is 0 Å². The van der Waals surface area contributed by atoms with Crippen molar-refractivity contribution in [3.8, 4) is 16.9 Å². The first-order chi connectivity index (χ1) is 14.0. The van der Waals surface area contributed by atoms with Gasteiger partial charge in [-0.25, -0.2) is 4.98 Å². The molecule has 1 aliphatic rings. The lowest BCUT2D eigenvalue weighted by Crippen LogP contribution is -2.30. The van der Waals surface area contributed by atoms with Crippen LogP contribution in [0.25, 0.3) is 21.3 Å². The average Bonchev–Trinajstić information content (AvgIpc) is 3.15. The minimum absolute atomic E-state index is 0.0466. The fourth-order valence-corrected chi connectivity index (χ4v) is 4.82. The van der Waals surface area contributed by atoms with E-state index in [1.165, 1.54) is 28.7 Å². The van der Waals surface area contributed by atoms with Gasteiger partial charge in [-0.3, -0.25) is 14.2 Å². The topological polar surface area (TPSA) is 70.4 Å². The van der Waals surface area contributed by atoms with Crippen molar-refractivity contribution < 1.29 is 14.3 Å². The zero-order valence-corrected chi connectivity index (χ0v) is 17.4. The van der Waals surface area contributed by atoms with E-state index in [2.05, 4.69) is 11.9 Å². The third-order valence-corrected chi connectivity index (χ3v) is 6.33. The molecular formula is C22H24N2O4S. The summed E-state index contributed by atoms with van der Waals surface area (Å²) in [7, 11) is 1.62. The fourth-order valence-electron chi connectivity index (χ4n) is 3.91. The Bertz CT molecular complexity index is 1070. The molecule has 0 N–H and O–H groups in total. The molecule has 0 aliphatic heterocycles. The fraction of sp³-hybridized carbons (Fsp3) is 0.409. The van der Waals surface area contributed by atoms with Crippen LogP contribution in [0.1, 0.15) is 32.6 Å². The number of fused-ring (bicyclic) bond motifs is 1. The highest BCUT2D eigenvalue weighted by Gasteiger charge is 2.23. The number of ether oxygens (including phenoxy) is 2. The summed E-state index contributed by atoms with van der Waals surface area (Å²) in [5, 5.41) is 2.45. The molecule has 6 nitrogen and oxygen atoms in total. The third-order valence-electron chi connectivity index (χ3n) is 5.45. The van der Waals surface area contributed by atoms with Gasteiger partial charge in [-0.05, 0) is 42.9 Å². The van der Waals surface area contributed by atoms with Crippen LogP contribution in [0, 0.1) is 5.92 Å². The van der Waals surface area contributed by atoms with E-state index in [1.807, 2.05) is 29.6 Å². The summed E-state index contributed by atoms with van der Waals surface area (Å²) in [5.74, 6) is 0.942. The average molecular weight is 413 g/mol. The molecule has 0 spiro atoms. The van der Waals surface area contributed by atoms with Crippen molar-refractivity contribution in [1.29, 1.82) is 0 Å². The van der Waals surface area contributed by atoms with E-state index in [-0.39, 0.29) is 24.2 Å². The molecule has 2 atom stereocenters. The van der Waals surface area contributed by atoms with Gasteiger partial charge in [0.05, 0.1) is 18.8 Å². The van der Waals surface area contributed by atoms with E-state index in [0.29, 0.717) is 16.1 Å². The van der Waals surface area contributed by atoms with Crippen LogP contribution in [0.15, 0.2) is 40.8 Å². The molecule has 0 saturated heterocycles. The van der Waals surface area contributed by atoms with Gasteiger partial charge < -0.3 is 9.47 Å². The van der Waals surface area contributed by atoms with Crippen molar-refractivity contribution in [3.05, 3.63) is 46.3 Å². The van der Waals surface area contributed by atoms with Gasteiger partial charge in [0, 0.05) is 10.9 Å². The first-order valence-corrected chi connectivity index (χ1v) is 10.7. The summed E-state index contributed by atoms with van der Waals surface area (Å²) >= 11 is 1.42. The predicted octanol–water partition coefficient (Wildman–Crippen LogP) is 4.26. The van der Waals surface area contributed by atoms with Gasteiger partial charge in [-0.15, -0.1) is 11.3 Å². The highest BCUT2D eigenvalue weighted by molar-refractivity contribution is 7.17. The van der Waals surface area contributed by atoms with Crippen molar-refractivity contribution in [2.75, 3.05) is 7.11 Å². The van der Waals surface area contributed by atoms with Gasteiger partial charge in [-0.1, -0.05) is 25.5 Å². The lowest BCUT2D eigenvalue weighted by Gasteiger charge is -2.26. The molecular weight excluding hydrogens is 388 g/mol. The van der Waals surface area contributed by atoms with Crippen LogP contribution in [-0.4, -0.2) is 28.7 Å². The zero-order valence-electron chi connectivity index (χ0n) is 16.6. The number of carbonyl (C=O) groups is 1. The SMILES string of the molecule is COc1ccc(-c2csc3ncn(CC(=O)O[C@H]4CCC[C@@H](C)C4)c(=O)c23)cc1. The number of rotatable bonds is 5. The molecule has 1 fully saturated rings. The Balaban J connectivity index is 1.58. The van der Waals surface area contributed by atoms with Crippen molar-refractivity contribution in [3.63, 3.8) is 0 Å². The third kappa shape index (κ3) is 4.19. The summed E-state index contributed by atoms with van der Waals surface area (Å²) in [5.41, 5.74) is 1.50. The minimum Gasteiger partial charge on any atom is -0.497 e. The number of nitrogens with zero attached hydrogens (tertiary/aromatic N) is 2. The first-order valence-electron chi connectivity index (χ1n) is 9.85. The Morgan fingerprint density at radius 3 is 2.79 bits per heavy atom. The van der Waals surface area contributed by atoms with Crippen LogP contribution in [0.5, 0.6) is 5.75 Å². The van der Waals surface area contributed by atoms with Gasteiger partial charge in [-0.2, -0.15) is 0 Å². The molecule has 0 unspecified atom stereocenters. The minimum atomic E-state index is -0.381. The van der Waals surface area contributed by atoms with Crippen LogP contribution >= 0.6 is 11.3 Å². The van der Waals surface area contributed by atoms with E-state index in [9.17, 15) is 9.59 Å². The number of hydrogen-bond donors (Lipinski definition) is 0. The smallest absolute Gasteiger partial charge is 0.326 e. The lowest BCUT2D eigenvalue weighted by molar-refractivity contribution is -0.152. The number of methoxy groups -OCH3 is 1. The number of hydrogen-bond acceptors (Lipinski definition) is 6. The molecule has 0 bridgehead atoms. The summed E-state index contributed by atoms with van der Waals surface area (Å²) in [4.78, 5) is 30.5. The molecule has 2 heterocycles. The molecule has 152 valence electrons. The second-order valence-corrected chi connectivity index (χ2v) is 8.48. The zero-order chi connectivity index (χ0) is 20.4. The van der Waals surface area contributed by atoms with Crippen molar-refractivity contribution in [2.24, 2.45) is 5.92 Å². The first kappa shape index (κ1) is 19.6. The normalized spacial score (nSPS) is 19.2. The lowest BCUT2D eigenvalue weighted by atomic mass is 9.89. The maximum atomic E-state index is 13.1. The largest absolute Gasteiger partial charge is 0.497 e. The van der Waals surface area contributed by atoms with Crippen molar-refractivity contribution in [1.82, 2.24) is 9.55 Å². The van der Waals surface area contributed by atoms with Gasteiger partial charge in [0.2, 0.25) is 0 Å². The Morgan fingerprint density at radius 2 is 2.07 bits per heavy atom. The van der Waals surface area contributed by atoms with E-state index in [0.717, 1.165) is 36.1 Å². The van der Waals surface area contributed by atoms with Crippen LogP contribution < -0.4 is 10.3 Å². The molecule has 4 rings (SSSR count). The Kier molecular flexibility index (Phi) is 5.67. The van der Waals surface area contributed by atoms with Gasteiger partial charge in [0.15, 0.2) is 0 Å². The second-order valence-electron chi connectivity index (χ2n) is 7.62. The summed E-state index contributed by atoms with van der Waals surface area (Å²) in [6, 6.07) is 7.54. The maximum Gasteiger partial charge on any atom is 0.326 e. The number of esters is 1. The molecule has 29 heavy (non-hydrogen) atoms. The molecule has 1 saturated carbocycles. The monoisotopic (exact) mass is 412 g/mol. The quantitative estimate of drug-likeness (QED) is 0.586. The van der Waals surface area contributed by atoms with Crippen LogP contribution in [0.4, 0.5) is 0 Å². The van der Waals surface area contributed by atoms with E-state index < -0.39 is 0 Å². The van der Waals surface area contributed by atoms with Gasteiger partial charge in [0.25, 0.3) is 5.56 Å². The molecule has 1 aromatic carbocycles. The molecule has 3 aromatic rings. The molecule has 7 heteroatoms. The Hall–Kier alpha value is -2.67. The molecule has 1 aliphatic carbocycles.